The second-order valence-electron chi connectivity index (χ2n) is 4.59. The fraction of sp³-hybridized carbons (Fsp3) is 0.133. The van der Waals surface area contributed by atoms with Gasteiger partial charge in [-0.05, 0) is 42.3 Å². The molecule has 0 amide bonds. The quantitative estimate of drug-likeness (QED) is 0.937. The number of rotatable bonds is 4. The minimum atomic E-state index is -3.60. The van der Waals surface area contributed by atoms with Crippen molar-refractivity contribution >= 4 is 27.3 Å². The third-order valence-corrected chi connectivity index (χ3v) is 4.39. The van der Waals surface area contributed by atoms with Gasteiger partial charge in [-0.2, -0.15) is 5.26 Å². The van der Waals surface area contributed by atoms with Gasteiger partial charge in [0.15, 0.2) is 0 Å². The van der Waals surface area contributed by atoms with Gasteiger partial charge in [0.1, 0.15) is 0 Å². The number of nitrogens with zero attached hydrogens (tertiary/aromatic N) is 1. The SMILES string of the molecule is Cc1cc(Cl)ccc1NS(=O)(=O)Cc1ccccc1C#N. The van der Waals surface area contributed by atoms with E-state index < -0.39 is 10.0 Å². The van der Waals surface area contributed by atoms with Crippen molar-refractivity contribution in [1.82, 2.24) is 0 Å². The van der Waals surface area contributed by atoms with E-state index in [0.29, 0.717) is 21.8 Å². The number of benzene rings is 2. The molecule has 2 aromatic rings. The predicted octanol–water partition coefficient (Wildman–Crippen LogP) is 3.46. The molecular formula is C15H13ClN2O2S. The Labute approximate surface area is 129 Å². The summed E-state index contributed by atoms with van der Waals surface area (Å²) >= 11 is 5.84. The highest BCUT2D eigenvalue weighted by Gasteiger charge is 2.15. The molecule has 1 N–H and O–H groups in total. The molecule has 0 radical (unpaired) electrons. The van der Waals surface area contributed by atoms with Gasteiger partial charge < -0.3 is 0 Å². The summed E-state index contributed by atoms with van der Waals surface area (Å²) in [4.78, 5) is 0. The first-order valence-corrected chi connectivity index (χ1v) is 8.19. The molecule has 0 aromatic heterocycles. The minimum Gasteiger partial charge on any atom is -0.283 e. The molecule has 0 unspecified atom stereocenters. The van der Waals surface area contributed by atoms with Crippen LogP contribution in [0.25, 0.3) is 0 Å². The van der Waals surface area contributed by atoms with Gasteiger partial charge in [0.2, 0.25) is 10.0 Å². The highest BCUT2D eigenvalue weighted by atomic mass is 35.5. The zero-order valence-corrected chi connectivity index (χ0v) is 12.9. The first kappa shape index (κ1) is 15.4. The van der Waals surface area contributed by atoms with Gasteiger partial charge in [-0.25, -0.2) is 8.42 Å². The Bertz CT molecular complexity index is 811. The normalized spacial score (nSPS) is 10.9. The van der Waals surface area contributed by atoms with Crippen LogP contribution in [-0.2, 0) is 15.8 Å². The summed E-state index contributed by atoms with van der Waals surface area (Å²) in [6, 6.07) is 13.5. The molecule has 108 valence electrons. The zero-order chi connectivity index (χ0) is 15.5. The summed E-state index contributed by atoms with van der Waals surface area (Å²) in [5.74, 6) is -0.251. The van der Waals surface area contributed by atoms with Crippen LogP contribution in [0.1, 0.15) is 16.7 Å². The lowest BCUT2D eigenvalue weighted by Crippen LogP contribution is -2.16. The van der Waals surface area contributed by atoms with E-state index in [1.807, 2.05) is 6.07 Å². The molecule has 2 rings (SSSR count). The van der Waals surface area contributed by atoms with Gasteiger partial charge in [0.25, 0.3) is 0 Å². The van der Waals surface area contributed by atoms with Crippen molar-refractivity contribution in [2.45, 2.75) is 12.7 Å². The minimum absolute atomic E-state index is 0.251. The third-order valence-electron chi connectivity index (χ3n) is 2.94. The zero-order valence-electron chi connectivity index (χ0n) is 11.3. The van der Waals surface area contributed by atoms with E-state index >= 15 is 0 Å². The van der Waals surface area contributed by atoms with E-state index in [2.05, 4.69) is 4.72 Å². The standard InChI is InChI=1S/C15H13ClN2O2S/c1-11-8-14(16)6-7-15(11)18-21(19,20)10-13-5-3-2-4-12(13)9-17/h2-8,18H,10H2,1H3. The van der Waals surface area contributed by atoms with E-state index in [4.69, 9.17) is 16.9 Å². The Kier molecular flexibility index (Phi) is 4.51. The molecule has 0 spiro atoms. The van der Waals surface area contributed by atoms with Crippen LogP contribution in [0, 0.1) is 18.3 Å². The van der Waals surface area contributed by atoms with Crippen LogP contribution in [-0.4, -0.2) is 8.42 Å². The number of nitriles is 1. The summed E-state index contributed by atoms with van der Waals surface area (Å²) in [6.07, 6.45) is 0. The van der Waals surface area contributed by atoms with Gasteiger partial charge in [-0.15, -0.1) is 0 Å². The van der Waals surface area contributed by atoms with Crippen LogP contribution in [0.2, 0.25) is 5.02 Å². The fourth-order valence-electron chi connectivity index (χ4n) is 1.91. The lowest BCUT2D eigenvalue weighted by atomic mass is 10.1. The molecule has 0 aliphatic carbocycles. The van der Waals surface area contributed by atoms with Crippen molar-refractivity contribution in [1.29, 1.82) is 5.26 Å². The number of hydrogen-bond acceptors (Lipinski definition) is 3. The Morgan fingerprint density at radius 2 is 1.95 bits per heavy atom. The Morgan fingerprint density at radius 3 is 2.62 bits per heavy atom. The van der Waals surface area contributed by atoms with E-state index in [9.17, 15) is 8.42 Å². The predicted molar refractivity (Wildman–Crippen MR) is 83.6 cm³/mol. The Balaban J connectivity index is 2.25. The number of nitrogens with one attached hydrogen (secondary N) is 1. The van der Waals surface area contributed by atoms with E-state index in [1.54, 1.807) is 49.4 Å². The average molecular weight is 321 g/mol. The molecule has 0 aliphatic rings. The molecule has 6 heteroatoms. The summed E-state index contributed by atoms with van der Waals surface area (Å²) in [7, 11) is -3.60. The Morgan fingerprint density at radius 1 is 1.24 bits per heavy atom. The molecule has 4 nitrogen and oxygen atoms in total. The highest BCUT2D eigenvalue weighted by molar-refractivity contribution is 7.91. The molecule has 0 heterocycles. The second kappa shape index (κ2) is 6.17. The topological polar surface area (TPSA) is 70.0 Å². The third kappa shape index (κ3) is 3.97. The molecule has 0 saturated heterocycles. The maximum absolute atomic E-state index is 12.2. The molecule has 0 aliphatic heterocycles. The van der Waals surface area contributed by atoms with Gasteiger partial charge >= 0.3 is 0 Å². The Hall–Kier alpha value is -2.03. The molecule has 21 heavy (non-hydrogen) atoms. The highest BCUT2D eigenvalue weighted by Crippen LogP contribution is 2.22. The number of halogens is 1. The number of anilines is 1. The van der Waals surface area contributed by atoms with Crippen LogP contribution >= 0.6 is 11.6 Å². The van der Waals surface area contributed by atoms with Gasteiger partial charge in [0.05, 0.1) is 23.1 Å². The summed E-state index contributed by atoms with van der Waals surface area (Å²) in [6.45, 7) is 1.77. The van der Waals surface area contributed by atoms with Gasteiger partial charge in [0, 0.05) is 5.02 Å². The van der Waals surface area contributed by atoms with Crippen molar-refractivity contribution in [3.05, 3.63) is 64.2 Å². The summed E-state index contributed by atoms with van der Waals surface area (Å²) in [5, 5.41) is 9.55. The van der Waals surface area contributed by atoms with Crippen molar-refractivity contribution in [2.24, 2.45) is 0 Å². The van der Waals surface area contributed by atoms with Crippen LogP contribution in [0.5, 0.6) is 0 Å². The van der Waals surface area contributed by atoms with Crippen molar-refractivity contribution in [2.75, 3.05) is 4.72 Å². The van der Waals surface area contributed by atoms with Crippen LogP contribution in [0.4, 0.5) is 5.69 Å². The van der Waals surface area contributed by atoms with Crippen LogP contribution in [0.15, 0.2) is 42.5 Å². The number of hydrogen-bond donors (Lipinski definition) is 1. The van der Waals surface area contributed by atoms with Crippen molar-refractivity contribution in [3.8, 4) is 6.07 Å². The van der Waals surface area contributed by atoms with Crippen molar-refractivity contribution < 1.29 is 8.42 Å². The summed E-state index contributed by atoms with van der Waals surface area (Å²) in [5.41, 5.74) is 2.04. The maximum Gasteiger partial charge on any atom is 0.236 e. The van der Waals surface area contributed by atoms with Crippen LogP contribution < -0.4 is 4.72 Å². The maximum atomic E-state index is 12.2. The largest absolute Gasteiger partial charge is 0.283 e. The molecular weight excluding hydrogens is 308 g/mol. The molecule has 0 bridgehead atoms. The number of aryl methyl sites for hydroxylation is 1. The number of sulfonamides is 1. The summed E-state index contributed by atoms with van der Waals surface area (Å²) < 4.78 is 27.0. The molecule has 0 fully saturated rings. The van der Waals surface area contributed by atoms with E-state index in [0.717, 1.165) is 5.56 Å². The fourth-order valence-corrected chi connectivity index (χ4v) is 3.43. The van der Waals surface area contributed by atoms with Crippen molar-refractivity contribution in [3.63, 3.8) is 0 Å². The molecule has 0 saturated carbocycles. The first-order valence-electron chi connectivity index (χ1n) is 6.16. The van der Waals surface area contributed by atoms with Gasteiger partial charge in [-0.1, -0.05) is 29.8 Å². The first-order chi connectivity index (χ1) is 9.91. The smallest absolute Gasteiger partial charge is 0.236 e. The van der Waals surface area contributed by atoms with E-state index in [1.165, 1.54) is 0 Å². The molecule has 0 atom stereocenters. The lowest BCUT2D eigenvalue weighted by Gasteiger charge is -2.11. The second-order valence-corrected chi connectivity index (χ2v) is 6.75. The van der Waals surface area contributed by atoms with Gasteiger partial charge in [-0.3, -0.25) is 4.72 Å². The molecule has 2 aromatic carbocycles. The van der Waals surface area contributed by atoms with Crippen LogP contribution in [0.3, 0.4) is 0 Å². The average Bonchev–Trinajstić information content (AvgIpc) is 2.42. The lowest BCUT2D eigenvalue weighted by molar-refractivity contribution is 0.600. The van der Waals surface area contributed by atoms with E-state index in [-0.39, 0.29) is 5.75 Å². The monoisotopic (exact) mass is 320 g/mol.